The molecule has 0 amide bonds. The number of carboxylic acid groups (broad SMARTS) is 1. The Kier molecular flexibility index (Phi) is 3.52. The zero-order valence-corrected chi connectivity index (χ0v) is 7.99. The molecule has 0 aromatic rings. The highest BCUT2D eigenvalue weighted by Crippen LogP contribution is 2.29. The average Bonchev–Trinajstić information content (AvgIpc) is 2.16. The smallest absolute Gasteiger partial charge is 0.510 e. The van der Waals surface area contributed by atoms with Crippen LogP contribution in [0.5, 0.6) is 0 Å². The summed E-state index contributed by atoms with van der Waals surface area (Å²) in [6.45, 7) is 1.79. The average molecular weight is 199 g/mol. The van der Waals surface area contributed by atoms with E-state index in [1.165, 1.54) is 0 Å². The minimum atomic E-state index is -1.51. The van der Waals surface area contributed by atoms with Crippen LogP contribution in [0.15, 0.2) is 0 Å². The molecule has 0 spiro atoms. The van der Waals surface area contributed by atoms with Gasteiger partial charge in [-0.1, -0.05) is 19.8 Å². The van der Waals surface area contributed by atoms with Crippen molar-refractivity contribution >= 4 is 19.6 Å². The molecule has 1 fully saturated rings. The number of carbonyl (C=O) groups is 2. The van der Waals surface area contributed by atoms with E-state index in [1.54, 1.807) is 0 Å². The lowest BCUT2D eigenvalue weighted by Crippen LogP contribution is -2.49. The van der Waals surface area contributed by atoms with Gasteiger partial charge in [0.1, 0.15) is 0 Å². The van der Waals surface area contributed by atoms with E-state index in [-0.39, 0.29) is 13.0 Å². The van der Waals surface area contributed by atoms with Crippen molar-refractivity contribution in [2.24, 2.45) is 5.41 Å². The first-order chi connectivity index (χ1) is 6.63. The highest BCUT2D eigenvalue weighted by molar-refractivity contribution is 6.25. The lowest BCUT2D eigenvalue weighted by molar-refractivity contribution is -0.171. The lowest BCUT2D eigenvalue weighted by atomic mass is 9.82. The summed E-state index contributed by atoms with van der Waals surface area (Å²) in [6.07, 6.45) is 1.74. The summed E-state index contributed by atoms with van der Waals surface area (Å²) in [5.74, 6) is -1.91. The summed E-state index contributed by atoms with van der Waals surface area (Å²) < 4.78 is 9.25. The molecule has 77 valence electrons. The number of unbranched alkanes of at least 4 members (excludes halogenated alkanes) is 1. The molecular weight excluding hydrogens is 187 g/mol. The molecule has 1 saturated heterocycles. The van der Waals surface area contributed by atoms with Crippen molar-refractivity contribution in [3.63, 3.8) is 0 Å². The Morgan fingerprint density at radius 2 is 2.43 bits per heavy atom. The Labute approximate surface area is 82.7 Å². The number of carbonyl (C=O) groups excluding carboxylic acids is 1. The molecule has 1 rings (SSSR count). The molecule has 1 aliphatic rings. The Hall–Kier alpha value is -1.04. The third-order valence-electron chi connectivity index (χ3n) is 2.31. The molecule has 5 nitrogen and oxygen atoms in total. The van der Waals surface area contributed by atoms with Crippen LogP contribution < -0.4 is 0 Å². The first-order valence-corrected chi connectivity index (χ1v) is 4.51. The van der Waals surface area contributed by atoms with Gasteiger partial charge in [-0.05, 0) is 6.42 Å². The number of rotatable bonds is 4. The van der Waals surface area contributed by atoms with Gasteiger partial charge in [-0.2, -0.15) is 0 Å². The van der Waals surface area contributed by atoms with Crippen molar-refractivity contribution in [3.05, 3.63) is 0 Å². The second-order valence-electron chi connectivity index (χ2n) is 3.30. The van der Waals surface area contributed by atoms with Crippen molar-refractivity contribution in [1.29, 1.82) is 0 Å². The summed E-state index contributed by atoms with van der Waals surface area (Å²) in [5, 5.41) is 8.99. The van der Waals surface area contributed by atoms with Gasteiger partial charge in [-0.3, -0.25) is 9.59 Å². The summed E-state index contributed by atoms with van der Waals surface area (Å²) in [6, 6.07) is 0. The Morgan fingerprint density at radius 1 is 1.71 bits per heavy atom. The maximum absolute atomic E-state index is 11.3. The molecule has 0 aromatic heterocycles. The molecule has 1 N–H and O–H groups in total. The fourth-order valence-corrected chi connectivity index (χ4v) is 1.33. The molecule has 1 unspecified atom stereocenters. The number of carboxylic acids is 1. The minimum Gasteiger partial charge on any atom is -0.510 e. The van der Waals surface area contributed by atoms with E-state index in [2.05, 4.69) is 4.65 Å². The molecule has 1 aliphatic heterocycles. The molecule has 0 bridgehead atoms. The summed E-state index contributed by atoms with van der Waals surface area (Å²) >= 11 is 0. The van der Waals surface area contributed by atoms with Crippen LogP contribution in [0.1, 0.15) is 26.2 Å². The highest BCUT2D eigenvalue weighted by atomic mass is 16.6. The van der Waals surface area contributed by atoms with Crippen molar-refractivity contribution in [2.45, 2.75) is 26.2 Å². The van der Waals surface area contributed by atoms with E-state index in [9.17, 15) is 9.59 Å². The van der Waals surface area contributed by atoms with Gasteiger partial charge >= 0.3 is 19.6 Å². The minimum absolute atomic E-state index is 0.138. The van der Waals surface area contributed by atoms with Crippen LogP contribution in [0.25, 0.3) is 0 Å². The molecular formula is C8H12BO5. The lowest BCUT2D eigenvalue weighted by Gasteiger charge is -2.30. The molecule has 0 aromatic carbocycles. The van der Waals surface area contributed by atoms with E-state index >= 15 is 0 Å². The fourth-order valence-electron chi connectivity index (χ4n) is 1.33. The van der Waals surface area contributed by atoms with Crippen molar-refractivity contribution in [3.8, 4) is 0 Å². The van der Waals surface area contributed by atoms with Crippen molar-refractivity contribution < 1.29 is 24.0 Å². The van der Waals surface area contributed by atoms with Gasteiger partial charge in [0.25, 0.3) is 0 Å². The van der Waals surface area contributed by atoms with Crippen LogP contribution >= 0.6 is 0 Å². The molecule has 1 atom stereocenters. The number of aliphatic carboxylic acids is 1. The van der Waals surface area contributed by atoms with Gasteiger partial charge in [0, 0.05) is 0 Å². The summed E-state index contributed by atoms with van der Waals surface area (Å²) in [5.41, 5.74) is -1.51. The van der Waals surface area contributed by atoms with Gasteiger partial charge < -0.3 is 14.4 Å². The molecule has 1 heterocycles. The SMILES string of the molecule is CCCCC1(C(=O)O)CO[B]OC1=O. The predicted octanol–water partition coefficient (Wildman–Crippen LogP) is 0.355. The standard InChI is InChI=1S/C8H12BO5/c1-2-3-4-8(6(10)11)5-13-9-14-7(8)12/h2-5H2,1H3,(H,10,11). The fraction of sp³-hybridized carbons (Fsp3) is 0.750. The molecule has 1 radical (unpaired) electrons. The monoisotopic (exact) mass is 199 g/mol. The largest absolute Gasteiger partial charge is 0.574 e. The number of hydrogen-bond donors (Lipinski definition) is 1. The topological polar surface area (TPSA) is 72.8 Å². The normalized spacial score (nSPS) is 26.5. The van der Waals surface area contributed by atoms with Crippen molar-refractivity contribution in [1.82, 2.24) is 0 Å². The third-order valence-corrected chi connectivity index (χ3v) is 2.31. The van der Waals surface area contributed by atoms with Gasteiger partial charge in [0.15, 0.2) is 5.41 Å². The Morgan fingerprint density at radius 3 is 2.93 bits per heavy atom. The zero-order chi connectivity index (χ0) is 10.6. The van der Waals surface area contributed by atoms with Crippen molar-refractivity contribution in [2.75, 3.05) is 6.61 Å². The molecule has 0 saturated carbocycles. The molecule has 0 aliphatic carbocycles. The summed E-state index contributed by atoms with van der Waals surface area (Å²) in [7, 11) is 0.884. The van der Waals surface area contributed by atoms with Gasteiger partial charge in [0.05, 0.1) is 6.61 Å². The van der Waals surface area contributed by atoms with Crippen LogP contribution in [-0.4, -0.2) is 31.3 Å². The van der Waals surface area contributed by atoms with Crippen LogP contribution in [-0.2, 0) is 18.9 Å². The van der Waals surface area contributed by atoms with Crippen LogP contribution in [0.2, 0.25) is 0 Å². The zero-order valence-electron chi connectivity index (χ0n) is 7.99. The second kappa shape index (κ2) is 4.46. The van der Waals surface area contributed by atoms with Gasteiger partial charge in [-0.25, -0.2) is 0 Å². The Bertz CT molecular complexity index is 242. The van der Waals surface area contributed by atoms with E-state index in [0.29, 0.717) is 6.42 Å². The van der Waals surface area contributed by atoms with E-state index < -0.39 is 17.4 Å². The van der Waals surface area contributed by atoms with E-state index in [1.807, 2.05) is 6.92 Å². The highest BCUT2D eigenvalue weighted by Gasteiger charge is 2.49. The first kappa shape index (κ1) is 11.0. The van der Waals surface area contributed by atoms with Crippen LogP contribution in [0.3, 0.4) is 0 Å². The van der Waals surface area contributed by atoms with Crippen LogP contribution in [0.4, 0.5) is 0 Å². The maximum atomic E-state index is 11.3. The molecule has 14 heavy (non-hydrogen) atoms. The number of hydrogen-bond acceptors (Lipinski definition) is 4. The van der Waals surface area contributed by atoms with Crippen LogP contribution in [0, 0.1) is 5.41 Å². The van der Waals surface area contributed by atoms with E-state index in [0.717, 1.165) is 14.1 Å². The quantitative estimate of drug-likeness (QED) is 0.522. The van der Waals surface area contributed by atoms with Gasteiger partial charge in [-0.15, -0.1) is 0 Å². The Balaban J connectivity index is 2.78. The summed E-state index contributed by atoms with van der Waals surface area (Å²) in [4.78, 5) is 22.3. The second-order valence-corrected chi connectivity index (χ2v) is 3.30. The van der Waals surface area contributed by atoms with E-state index in [4.69, 9.17) is 9.76 Å². The third kappa shape index (κ3) is 1.90. The maximum Gasteiger partial charge on any atom is 0.574 e. The van der Waals surface area contributed by atoms with Gasteiger partial charge in [0.2, 0.25) is 0 Å². The molecule has 6 heteroatoms. The predicted molar refractivity (Wildman–Crippen MR) is 47.4 cm³/mol. The first-order valence-electron chi connectivity index (χ1n) is 4.51.